The molecule has 0 bridgehead atoms. The average molecular weight is 426 g/mol. The lowest BCUT2D eigenvalue weighted by molar-refractivity contribution is 0.219. The third-order valence-corrected chi connectivity index (χ3v) is 5.79. The number of hydrogen-bond donors (Lipinski definition) is 0. The average Bonchev–Trinajstić information content (AvgIpc) is 3.30. The molecule has 3 aromatic rings. The second kappa shape index (κ2) is 8.63. The Bertz CT molecular complexity index is 1050. The van der Waals surface area contributed by atoms with Crippen molar-refractivity contribution in [2.75, 3.05) is 24.5 Å². The number of anilines is 1. The minimum absolute atomic E-state index is 0.215. The van der Waals surface area contributed by atoms with Gasteiger partial charge in [-0.3, -0.25) is 4.90 Å². The Labute approximate surface area is 179 Å². The quantitative estimate of drug-likeness (QED) is 0.590. The Morgan fingerprint density at radius 3 is 2.65 bits per heavy atom. The predicted molar refractivity (Wildman–Crippen MR) is 111 cm³/mol. The van der Waals surface area contributed by atoms with Crippen LogP contribution in [0.2, 0.25) is 0 Å². The number of halogens is 2. The molecule has 1 saturated heterocycles. The summed E-state index contributed by atoms with van der Waals surface area (Å²) in [5.41, 5.74) is 1.83. The first-order chi connectivity index (χ1) is 15.2. The number of ether oxygens (including phenoxy) is 1. The van der Waals surface area contributed by atoms with Crippen LogP contribution in [0.15, 0.2) is 41.0 Å². The van der Waals surface area contributed by atoms with Crippen molar-refractivity contribution in [1.29, 1.82) is 0 Å². The van der Waals surface area contributed by atoms with Crippen molar-refractivity contribution in [2.45, 2.75) is 38.8 Å². The summed E-state index contributed by atoms with van der Waals surface area (Å²) in [7, 11) is 0. The van der Waals surface area contributed by atoms with E-state index < -0.39 is 11.6 Å². The smallest absolute Gasteiger partial charge is 0.228 e. The Hall–Kier alpha value is -3.00. The molecular weight excluding hydrogens is 402 g/mol. The third-order valence-electron chi connectivity index (χ3n) is 5.79. The minimum atomic E-state index is -0.948. The van der Waals surface area contributed by atoms with Crippen LogP contribution in [-0.4, -0.2) is 34.5 Å². The molecular formula is C23H24F2N4O2. The number of rotatable bonds is 5. The van der Waals surface area contributed by atoms with Crippen molar-refractivity contribution in [3.8, 4) is 11.6 Å². The normalized spacial score (nSPS) is 16.9. The minimum Gasteiger partial charge on any atom is -0.468 e. The first kappa shape index (κ1) is 19.9. The Kier molecular flexibility index (Phi) is 5.55. The van der Waals surface area contributed by atoms with E-state index in [0.717, 1.165) is 68.0 Å². The zero-order valence-corrected chi connectivity index (χ0v) is 17.2. The van der Waals surface area contributed by atoms with E-state index in [1.54, 1.807) is 6.26 Å². The van der Waals surface area contributed by atoms with Gasteiger partial charge in [0, 0.05) is 38.7 Å². The first-order valence-corrected chi connectivity index (χ1v) is 10.7. The highest BCUT2D eigenvalue weighted by Gasteiger charge is 2.26. The van der Waals surface area contributed by atoms with E-state index in [1.807, 2.05) is 12.1 Å². The summed E-state index contributed by atoms with van der Waals surface area (Å²) in [5, 5.41) is 0. The van der Waals surface area contributed by atoms with Crippen molar-refractivity contribution in [1.82, 2.24) is 14.9 Å². The standard InChI is InChI=1S/C23H24F2N4O2/c24-19-7-6-16(13-20(19)25)31-22-18-15-28(14-17-5-4-12-30-17)11-8-21(18)26-23(27-22)29-9-2-1-3-10-29/h4-7,12-13H,1-3,8-11,14-15H2. The molecule has 1 aromatic carbocycles. The number of furan rings is 1. The predicted octanol–water partition coefficient (Wildman–Crippen LogP) is 4.69. The Morgan fingerprint density at radius 1 is 1.00 bits per heavy atom. The number of piperidine rings is 1. The highest BCUT2D eigenvalue weighted by atomic mass is 19.2. The Balaban J connectivity index is 1.47. The molecule has 0 atom stereocenters. The maximum absolute atomic E-state index is 13.8. The molecule has 162 valence electrons. The van der Waals surface area contributed by atoms with Gasteiger partial charge in [0.05, 0.1) is 24.1 Å². The summed E-state index contributed by atoms with van der Waals surface area (Å²) in [6, 6.07) is 7.35. The molecule has 2 aliphatic rings. The lowest BCUT2D eigenvalue weighted by Crippen LogP contribution is -2.34. The molecule has 2 aromatic heterocycles. The molecule has 2 aliphatic heterocycles. The van der Waals surface area contributed by atoms with Crippen LogP contribution in [0.3, 0.4) is 0 Å². The van der Waals surface area contributed by atoms with E-state index in [1.165, 1.54) is 12.5 Å². The number of benzene rings is 1. The van der Waals surface area contributed by atoms with Gasteiger partial charge in [0.25, 0.3) is 0 Å². The van der Waals surface area contributed by atoms with Gasteiger partial charge >= 0.3 is 0 Å². The fourth-order valence-corrected chi connectivity index (χ4v) is 4.16. The summed E-state index contributed by atoms with van der Waals surface area (Å²) in [5.74, 6) is 0.299. The summed E-state index contributed by atoms with van der Waals surface area (Å²) >= 11 is 0. The van der Waals surface area contributed by atoms with Gasteiger partial charge in [-0.2, -0.15) is 4.98 Å². The lowest BCUT2D eigenvalue weighted by atomic mass is 10.1. The molecule has 6 nitrogen and oxygen atoms in total. The maximum atomic E-state index is 13.8. The van der Waals surface area contributed by atoms with Crippen LogP contribution < -0.4 is 9.64 Å². The molecule has 1 fully saturated rings. The van der Waals surface area contributed by atoms with E-state index in [2.05, 4.69) is 9.80 Å². The summed E-state index contributed by atoms with van der Waals surface area (Å²) in [6.45, 7) is 3.93. The van der Waals surface area contributed by atoms with E-state index in [-0.39, 0.29) is 5.75 Å². The SMILES string of the molecule is Fc1ccc(Oc2nc(N3CCCCC3)nc3c2CN(Cc2ccco2)CC3)cc1F. The topological polar surface area (TPSA) is 54.6 Å². The lowest BCUT2D eigenvalue weighted by Gasteiger charge is -2.31. The third kappa shape index (κ3) is 4.39. The second-order valence-corrected chi connectivity index (χ2v) is 8.02. The van der Waals surface area contributed by atoms with Crippen molar-refractivity contribution in [3.63, 3.8) is 0 Å². The number of hydrogen-bond acceptors (Lipinski definition) is 6. The summed E-state index contributed by atoms with van der Waals surface area (Å²) in [6.07, 6.45) is 5.85. The van der Waals surface area contributed by atoms with Crippen molar-refractivity contribution in [3.05, 3.63) is 65.2 Å². The number of aromatic nitrogens is 2. The fourth-order valence-electron chi connectivity index (χ4n) is 4.16. The zero-order valence-electron chi connectivity index (χ0n) is 17.2. The van der Waals surface area contributed by atoms with Gasteiger partial charge in [-0.25, -0.2) is 13.8 Å². The van der Waals surface area contributed by atoms with Crippen LogP contribution in [0.25, 0.3) is 0 Å². The molecule has 4 heterocycles. The molecule has 0 saturated carbocycles. The largest absolute Gasteiger partial charge is 0.468 e. The molecule has 8 heteroatoms. The second-order valence-electron chi connectivity index (χ2n) is 8.02. The van der Waals surface area contributed by atoms with Gasteiger partial charge < -0.3 is 14.1 Å². The molecule has 0 amide bonds. The summed E-state index contributed by atoms with van der Waals surface area (Å²) in [4.78, 5) is 14.0. The number of nitrogens with zero attached hydrogens (tertiary/aromatic N) is 4. The molecule has 0 aliphatic carbocycles. The molecule has 0 radical (unpaired) electrons. The molecule has 0 N–H and O–H groups in total. The van der Waals surface area contributed by atoms with Gasteiger partial charge in [-0.1, -0.05) is 0 Å². The van der Waals surface area contributed by atoms with E-state index in [9.17, 15) is 8.78 Å². The Morgan fingerprint density at radius 2 is 1.87 bits per heavy atom. The van der Waals surface area contributed by atoms with Crippen LogP contribution in [0, 0.1) is 11.6 Å². The molecule has 31 heavy (non-hydrogen) atoms. The fraction of sp³-hybridized carbons (Fsp3) is 0.391. The summed E-state index contributed by atoms with van der Waals surface area (Å²) < 4.78 is 38.6. The van der Waals surface area contributed by atoms with E-state index in [4.69, 9.17) is 19.1 Å². The van der Waals surface area contributed by atoms with Crippen LogP contribution >= 0.6 is 0 Å². The van der Waals surface area contributed by atoms with Gasteiger partial charge in [0.2, 0.25) is 11.8 Å². The van der Waals surface area contributed by atoms with Gasteiger partial charge in [-0.05, 0) is 43.5 Å². The van der Waals surface area contributed by atoms with Gasteiger partial charge in [0.15, 0.2) is 11.6 Å². The molecule has 5 rings (SSSR count). The monoisotopic (exact) mass is 426 g/mol. The number of fused-ring (bicyclic) bond motifs is 1. The molecule has 0 unspecified atom stereocenters. The van der Waals surface area contributed by atoms with Crippen molar-refractivity contribution >= 4 is 5.95 Å². The highest BCUT2D eigenvalue weighted by molar-refractivity contribution is 5.43. The first-order valence-electron chi connectivity index (χ1n) is 10.7. The van der Waals surface area contributed by atoms with Gasteiger partial charge in [-0.15, -0.1) is 0 Å². The maximum Gasteiger partial charge on any atom is 0.228 e. The van der Waals surface area contributed by atoms with Crippen LogP contribution in [-0.2, 0) is 19.5 Å². The highest BCUT2D eigenvalue weighted by Crippen LogP contribution is 2.33. The molecule has 0 spiro atoms. The van der Waals surface area contributed by atoms with E-state index >= 15 is 0 Å². The van der Waals surface area contributed by atoms with Crippen LogP contribution in [0.5, 0.6) is 11.6 Å². The van der Waals surface area contributed by atoms with Crippen molar-refractivity contribution < 1.29 is 17.9 Å². The van der Waals surface area contributed by atoms with E-state index in [0.29, 0.717) is 24.9 Å². The zero-order chi connectivity index (χ0) is 21.2. The van der Waals surface area contributed by atoms with Crippen LogP contribution in [0.1, 0.15) is 36.3 Å². The van der Waals surface area contributed by atoms with Gasteiger partial charge in [0.1, 0.15) is 11.5 Å². The van der Waals surface area contributed by atoms with Crippen LogP contribution in [0.4, 0.5) is 14.7 Å². The van der Waals surface area contributed by atoms with Crippen molar-refractivity contribution in [2.24, 2.45) is 0 Å².